The third-order valence-corrected chi connectivity index (χ3v) is 7.47. The fourth-order valence-corrected chi connectivity index (χ4v) is 5.18. The summed E-state index contributed by atoms with van der Waals surface area (Å²) >= 11 is 6.19. The molecule has 6 nitrogen and oxygen atoms in total. The summed E-state index contributed by atoms with van der Waals surface area (Å²) < 4.78 is 1.78. The van der Waals surface area contributed by atoms with Crippen molar-refractivity contribution in [3.8, 4) is 0 Å². The molecular formula is C29H35ClN4O2. The largest absolute Gasteiger partial charge is 0.336 e. The molecule has 4 rings (SSSR count). The van der Waals surface area contributed by atoms with Crippen LogP contribution in [0, 0.1) is 13.8 Å². The molecule has 1 amide bonds. The zero-order chi connectivity index (χ0) is 25.8. The van der Waals surface area contributed by atoms with Crippen molar-refractivity contribution in [3.63, 3.8) is 0 Å². The van der Waals surface area contributed by atoms with Gasteiger partial charge in [-0.15, -0.1) is 0 Å². The summed E-state index contributed by atoms with van der Waals surface area (Å²) in [6.07, 6.45) is 0. The Labute approximate surface area is 218 Å². The van der Waals surface area contributed by atoms with Crippen molar-refractivity contribution in [1.82, 2.24) is 14.4 Å². The minimum Gasteiger partial charge on any atom is -0.336 e. The Kier molecular flexibility index (Phi) is 8.29. The summed E-state index contributed by atoms with van der Waals surface area (Å²) in [7, 11) is 0. The molecule has 0 spiro atoms. The molecule has 1 saturated heterocycles. The molecule has 2 atom stereocenters. The van der Waals surface area contributed by atoms with Gasteiger partial charge in [-0.25, -0.2) is 0 Å². The molecule has 0 unspecified atom stereocenters. The molecule has 2 N–H and O–H groups in total. The number of amides is 1. The number of hydrogen-bond donors (Lipinski definition) is 1. The number of benzene rings is 2. The van der Waals surface area contributed by atoms with Gasteiger partial charge >= 0.3 is 0 Å². The van der Waals surface area contributed by atoms with Crippen LogP contribution in [-0.4, -0.2) is 59.5 Å². The summed E-state index contributed by atoms with van der Waals surface area (Å²) in [5.74, 6) is -0.229. The van der Waals surface area contributed by atoms with E-state index in [1.54, 1.807) is 15.5 Å². The van der Waals surface area contributed by atoms with Crippen LogP contribution in [-0.2, 0) is 0 Å². The van der Waals surface area contributed by atoms with Gasteiger partial charge in [0, 0.05) is 55.9 Å². The van der Waals surface area contributed by atoms with E-state index in [9.17, 15) is 9.59 Å². The van der Waals surface area contributed by atoms with Gasteiger partial charge in [-0.3, -0.25) is 14.5 Å². The quantitative estimate of drug-likeness (QED) is 0.520. The number of rotatable bonds is 7. The lowest BCUT2D eigenvalue weighted by Gasteiger charge is -2.34. The number of carbonyl (C=O) groups is 1. The van der Waals surface area contributed by atoms with E-state index in [2.05, 4.69) is 43.0 Å². The lowest BCUT2D eigenvalue weighted by molar-refractivity contribution is 0.0638. The molecule has 0 radical (unpaired) electrons. The van der Waals surface area contributed by atoms with Gasteiger partial charge in [-0.05, 0) is 49.2 Å². The Morgan fingerprint density at radius 1 is 0.917 bits per heavy atom. The van der Waals surface area contributed by atoms with Gasteiger partial charge in [-0.1, -0.05) is 60.5 Å². The maximum Gasteiger partial charge on any atom is 0.264 e. The van der Waals surface area contributed by atoms with Crippen molar-refractivity contribution in [2.75, 3.05) is 39.3 Å². The molecule has 0 bridgehead atoms. The molecule has 1 aromatic heterocycles. The SMILES string of the molecule is Cc1ccc([C@@H](C)[C@H](c2ccc(Cl)cc2)n2c(C)ccc(C(=O)N3CCN(CCN)CC3)c2=O)cc1. The average Bonchev–Trinajstić information content (AvgIpc) is 2.88. The van der Waals surface area contributed by atoms with Crippen molar-refractivity contribution in [2.24, 2.45) is 5.73 Å². The highest BCUT2D eigenvalue weighted by molar-refractivity contribution is 6.30. The number of nitrogens with two attached hydrogens (primary N) is 1. The second-order valence-electron chi connectivity index (χ2n) is 9.68. The maximum atomic E-state index is 14.0. The standard InChI is InChI=1S/C29H35ClN4O2/c1-20-4-7-23(8-5-20)22(3)27(24-9-11-25(30)12-10-24)34-21(2)6-13-26(29(34)36)28(35)33-18-16-32(15-14-31)17-19-33/h4-13,22,27H,14-19,31H2,1-3H3/t22-,27-/m1/s1. The fourth-order valence-electron chi connectivity index (χ4n) is 5.06. The zero-order valence-electron chi connectivity index (χ0n) is 21.3. The Morgan fingerprint density at radius 3 is 2.14 bits per heavy atom. The van der Waals surface area contributed by atoms with E-state index in [1.165, 1.54) is 5.56 Å². The van der Waals surface area contributed by atoms with Crippen molar-refractivity contribution >= 4 is 17.5 Å². The van der Waals surface area contributed by atoms with Crippen molar-refractivity contribution in [3.05, 3.63) is 104 Å². The number of aromatic nitrogens is 1. The first kappa shape index (κ1) is 26.1. The molecule has 1 fully saturated rings. The molecule has 3 aromatic rings. The maximum absolute atomic E-state index is 14.0. The van der Waals surface area contributed by atoms with E-state index >= 15 is 0 Å². The van der Waals surface area contributed by atoms with E-state index in [1.807, 2.05) is 37.3 Å². The first-order chi connectivity index (χ1) is 17.3. The van der Waals surface area contributed by atoms with Crippen LogP contribution in [0.5, 0.6) is 0 Å². The Morgan fingerprint density at radius 2 is 1.53 bits per heavy atom. The highest BCUT2D eigenvalue weighted by Gasteiger charge is 2.29. The Bertz CT molecular complexity index is 1250. The minimum absolute atomic E-state index is 0.0201. The van der Waals surface area contributed by atoms with Crippen LogP contribution in [0.15, 0.2) is 65.5 Å². The summed E-state index contributed by atoms with van der Waals surface area (Å²) in [5.41, 5.74) is 9.72. The molecule has 2 heterocycles. The number of hydrogen-bond acceptors (Lipinski definition) is 4. The van der Waals surface area contributed by atoms with Crippen LogP contribution in [0.4, 0.5) is 0 Å². The van der Waals surface area contributed by atoms with Crippen LogP contribution < -0.4 is 11.3 Å². The van der Waals surface area contributed by atoms with Gasteiger partial charge in [0.15, 0.2) is 0 Å². The van der Waals surface area contributed by atoms with Crippen LogP contribution in [0.2, 0.25) is 5.02 Å². The summed E-state index contributed by atoms with van der Waals surface area (Å²) in [6.45, 7) is 10.2. The average molecular weight is 507 g/mol. The number of pyridine rings is 1. The summed E-state index contributed by atoms with van der Waals surface area (Å²) in [5, 5.41) is 0.641. The predicted octanol–water partition coefficient (Wildman–Crippen LogP) is 4.23. The summed E-state index contributed by atoms with van der Waals surface area (Å²) in [4.78, 5) is 31.5. The smallest absolute Gasteiger partial charge is 0.264 e. The van der Waals surface area contributed by atoms with Crippen LogP contribution in [0.25, 0.3) is 0 Å². The van der Waals surface area contributed by atoms with Gasteiger partial charge in [0.05, 0.1) is 6.04 Å². The van der Waals surface area contributed by atoms with Crippen molar-refractivity contribution < 1.29 is 4.79 Å². The molecular weight excluding hydrogens is 472 g/mol. The summed E-state index contributed by atoms with van der Waals surface area (Å²) in [6, 6.07) is 19.3. The van der Waals surface area contributed by atoms with Crippen LogP contribution in [0.3, 0.4) is 0 Å². The van der Waals surface area contributed by atoms with Crippen molar-refractivity contribution in [2.45, 2.75) is 32.7 Å². The van der Waals surface area contributed by atoms with Gasteiger partial charge in [0.25, 0.3) is 11.5 Å². The number of piperazine rings is 1. The first-order valence-electron chi connectivity index (χ1n) is 12.6. The van der Waals surface area contributed by atoms with Crippen LogP contribution >= 0.6 is 11.6 Å². The number of halogens is 1. The highest BCUT2D eigenvalue weighted by atomic mass is 35.5. The Balaban J connectivity index is 1.75. The van der Waals surface area contributed by atoms with E-state index in [-0.39, 0.29) is 29.0 Å². The van der Waals surface area contributed by atoms with E-state index in [0.29, 0.717) is 24.7 Å². The third-order valence-electron chi connectivity index (χ3n) is 7.22. The van der Waals surface area contributed by atoms with Gasteiger partial charge < -0.3 is 15.2 Å². The molecule has 1 aliphatic rings. The third kappa shape index (κ3) is 5.56. The van der Waals surface area contributed by atoms with E-state index < -0.39 is 0 Å². The van der Waals surface area contributed by atoms with E-state index in [4.69, 9.17) is 17.3 Å². The number of aryl methyl sites for hydroxylation is 2. The first-order valence-corrected chi connectivity index (χ1v) is 12.9. The second-order valence-corrected chi connectivity index (χ2v) is 10.1. The van der Waals surface area contributed by atoms with Gasteiger partial charge in [0.2, 0.25) is 0 Å². The predicted molar refractivity (Wildman–Crippen MR) is 146 cm³/mol. The monoisotopic (exact) mass is 506 g/mol. The van der Waals surface area contributed by atoms with Crippen molar-refractivity contribution in [1.29, 1.82) is 0 Å². The number of carbonyl (C=O) groups excluding carboxylic acids is 1. The topological polar surface area (TPSA) is 71.6 Å². The molecule has 7 heteroatoms. The Hall–Kier alpha value is -2.93. The molecule has 0 aliphatic carbocycles. The highest BCUT2D eigenvalue weighted by Crippen LogP contribution is 2.35. The molecule has 190 valence electrons. The second kappa shape index (κ2) is 11.4. The molecule has 2 aromatic carbocycles. The molecule has 1 aliphatic heterocycles. The minimum atomic E-state index is -0.299. The number of nitrogens with zero attached hydrogens (tertiary/aromatic N) is 3. The van der Waals surface area contributed by atoms with Gasteiger partial charge in [0.1, 0.15) is 5.56 Å². The van der Waals surface area contributed by atoms with Gasteiger partial charge in [-0.2, -0.15) is 0 Å². The molecule has 36 heavy (non-hydrogen) atoms. The lowest BCUT2D eigenvalue weighted by Crippen LogP contribution is -2.50. The van der Waals surface area contributed by atoms with E-state index in [0.717, 1.165) is 36.5 Å². The zero-order valence-corrected chi connectivity index (χ0v) is 22.0. The molecule has 0 saturated carbocycles. The van der Waals surface area contributed by atoms with Crippen LogP contribution in [0.1, 0.15) is 51.6 Å². The normalized spacial score (nSPS) is 16.1. The fraction of sp³-hybridized carbons (Fsp3) is 0.379. The lowest BCUT2D eigenvalue weighted by atomic mass is 9.87.